The van der Waals surface area contributed by atoms with Crippen LogP contribution in [0.2, 0.25) is 0 Å². The van der Waals surface area contributed by atoms with Crippen molar-refractivity contribution in [2.24, 2.45) is 11.8 Å². The maximum atomic E-state index is 15.4. The summed E-state index contributed by atoms with van der Waals surface area (Å²) in [7, 11) is -4.54. The van der Waals surface area contributed by atoms with Crippen LogP contribution in [0.4, 0.5) is 22.0 Å². The van der Waals surface area contributed by atoms with Crippen molar-refractivity contribution in [3.8, 4) is 0 Å². The molecule has 12 heteroatoms. The molecule has 2 aromatic rings. The molecule has 0 amide bonds. The number of aromatic nitrogens is 3. The minimum Gasteiger partial charge on any atom is -0.276 e. The van der Waals surface area contributed by atoms with Crippen molar-refractivity contribution < 1.29 is 30.4 Å². The van der Waals surface area contributed by atoms with Gasteiger partial charge in [0, 0.05) is 11.8 Å². The molecular formula is C18H17F5N4O2S. The number of pyridine rings is 1. The van der Waals surface area contributed by atoms with E-state index in [9.17, 15) is 21.6 Å². The van der Waals surface area contributed by atoms with Gasteiger partial charge in [-0.25, -0.2) is 8.42 Å². The smallest absolute Gasteiger partial charge is 0.276 e. The zero-order chi connectivity index (χ0) is 21.5. The molecule has 6 nitrogen and oxygen atoms in total. The second kappa shape index (κ2) is 6.22. The summed E-state index contributed by atoms with van der Waals surface area (Å²) in [5.41, 5.74) is -1.49. The summed E-state index contributed by atoms with van der Waals surface area (Å²) in [5.74, 6) is -4.17. The Labute approximate surface area is 168 Å². The van der Waals surface area contributed by atoms with Crippen molar-refractivity contribution in [3.05, 3.63) is 41.5 Å². The van der Waals surface area contributed by atoms with Gasteiger partial charge in [0.05, 0.1) is 18.3 Å². The third kappa shape index (κ3) is 2.95. The molecule has 2 fully saturated rings. The van der Waals surface area contributed by atoms with E-state index < -0.39 is 50.7 Å². The molecule has 1 N–H and O–H groups in total. The maximum absolute atomic E-state index is 15.4. The lowest BCUT2D eigenvalue weighted by molar-refractivity contribution is -0.141. The standard InChI is InChI=1S/C18H17F5N4O2S/c19-17(20)15-12(8-25-26-15)14(9-1-2-9)27(16(17)10-3-4-10)30(28,29)11-5-6-13(24-7-11)18(21,22)23/h5-10,14,16H,1-4H2,(H,25,26)/t14-,16+/m1/s1. The first kappa shape index (κ1) is 19.9. The Balaban J connectivity index is 1.65. The normalized spacial score (nSPS) is 27.1. The minimum absolute atomic E-state index is 0.128. The van der Waals surface area contributed by atoms with E-state index in [0.29, 0.717) is 37.9 Å². The van der Waals surface area contributed by atoms with Gasteiger partial charge < -0.3 is 0 Å². The number of halogens is 5. The summed E-state index contributed by atoms with van der Waals surface area (Å²) in [5, 5.41) is 6.09. The Morgan fingerprint density at radius 2 is 1.73 bits per heavy atom. The summed E-state index contributed by atoms with van der Waals surface area (Å²) in [6.45, 7) is 0. The van der Waals surface area contributed by atoms with Crippen LogP contribution in [0.25, 0.3) is 0 Å². The molecule has 30 heavy (non-hydrogen) atoms. The lowest BCUT2D eigenvalue weighted by Gasteiger charge is -2.44. The molecule has 0 saturated heterocycles. The number of hydrogen-bond donors (Lipinski definition) is 1. The fourth-order valence-corrected chi connectivity index (χ4v) is 6.17. The second-order valence-electron chi connectivity index (χ2n) is 8.10. The zero-order valence-electron chi connectivity index (χ0n) is 15.4. The highest BCUT2D eigenvalue weighted by Gasteiger charge is 2.64. The fraction of sp³-hybridized carbons (Fsp3) is 0.556. The topological polar surface area (TPSA) is 79.0 Å². The van der Waals surface area contributed by atoms with E-state index in [4.69, 9.17) is 0 Å². The Morgan fingerprint density at radius 1 is 1.07 bits per heavy atom. The number of nitrogens with zero attached hydrogens (tertiary/aromatic N) is 3. The van der Waals surface area contributed by atoms with Crippen molar-refractivity contribution in [3.63, 3.8) is 0 Å². The number of H-pyrrole nitrogens is 1. The quantitative estimate of drug-likeness (QED) is 0.721. The number of hydrogen-bond acceptors (Lipinski definition) is 4. The molecule has 2 saturated carbocycles. The van der Waals surface area contributed by atoms with Crippen molar-refractivity contribution in [1.29, 1.82) is 0 Å². The Morgan fingerprint density at radius 3 is 2.27 bits per heavy atom. The first-order chi connectivity index (χ1) is 14.0. The van der Waals surface area contributed by atoms with Crippen LogP contribution in [0.15, 0.2) is 29.4 Å². The largest absolute Gasteiger partial charge is 0.433 e. The molecule has 0 spiro atoms. The van der Waals surface area contributed by atoms with E-state index in [1.54, 1.807) is 0 Å². The highest BCUT2D eigenvalue weighted by atomic mass is 32.2. The van der Waals surface area contributed by atoms with E-state index in [1.807, 2.05) is 0 Å². The van der Waals surface area contributed by atoms with Crippen LogP contribution in [0, 0.1) is 11.8 Å². The highest BCUT2D eigenvalue weighted by molar-refractivity contribution is 7.89. The van der Waals surface area contributed by atoms with Crippen LogP contribution in [-0.4, -0.2) is 33.9 Å². The van der Waals surface area contributed by atoms with E-state index in [1.165, 1.54) is 6.20 Å². The lowest BCUT2D eigenvalue weighted by atomic mass is 9.88. The fourth-order valence-electron chi connectivity index (χ4n) is 4.32. The van der Waals surface area contributed by atoms with Crippen molar-refractivity contribution in [2.75, 3.05) is 0 Å². The summed E-state index contributed by atoms with van der Waals surface area (Å²) in [6.07, 6.45) is -0.654. The van der Waals surface area contributed by atoms with Crippen LogP contribution in [0.5, 0.6) is 0 Å². The average Bonchev–Trinajstić information content (AvgIpc) is 3.59. The van der Waals surface area contributed by atoms with Gasteiger partial charge in [-0.1, -0.05) is 0 Å². The molecule has 2 atom stereocenters. The summed E-state index contributed by atoms with van der Waals surface area (Å²) in [4.78, 5) is 2.68. The third-order valence-corrected chi connectivity index (χ3v) is 7.83. The number of rotatable bonds is 4. The molecule has 0 radical (unpaired) electrons. The monoisotopic (exact) mass is 448 g/mol. The molecule has 3 heterocycles. The van der Waals surface area contributed by atoms with Gasteiger partial charge in [-0.3, -0.25) is 10.1 Å². The molecular weight excluding hydrogens is 431 g/mol. The lowest BCUT2D eigenvalue weighted by Crippen LogP contribution is -2.56. The SMILES string of the molecule is O=S(=O)(c1ccc(C(F)(F)F)nc1)N1[C@@H](C2CC2)C(F)(F)c2[nH]ncc2[C@H]1C1CC1. The van der Waals surface area contributed by atoms with E-state index in [0.717, 1.165) is 10.4 Å². The number of aromatic amines is 1. The van der Waals surface area contributed by atoms with Gasteiger partial charge >= 0.3 is 12.1 Å². The van der Waals surface area contributed by atoms with Crippen molar-refractivity contribution in [2.45, 2.75) is 54.8 Å². The van der Waals surface area contributed by atoms with E-state index in [-0.39, 0.29) is 17.2 Å². The Hall–Kier alpha value is -2.08. The number of sulfonamides is 1. The molecule has 5 rings (SSSR count). The average molecular weight is 448 g/mol. The van der Waals surface area contributed by atoms with Gasteiger partial charge in [0.25, 0.3) is 0 Å². The van der Waals surface area contributed by atoms with Crippen molar-refractivity contribution >= 4 is 10.0 Å². The van der Waals surface area contributed by atoms with Crippen LogP contribution in [0.3, 0.4) is 0 Å². The Bertz CT molecular complexity index is 1070. The molecule has 0 unspecified atom stereocenters. The highest BCUT2D eigenvalue weighted by Crippen LogP contribution is 2.59. The van der Waals surface area contributed by atoms with Gasteiger partial charge in [0.15, 0.2) is 0 Å². The number of nitrogens with one attached hydrogen (secondary N) is 1. The predicted octanol–water partition coefficient (Wildman–Crippen LogP) is 3.85. The van der Waals surface area contributed by atoms with Crippen molar-refractivity contribution in [1.82, 2.24) is 19.5 Å². The minimum atomic E-state index is -4.74. The van der Waals surface area contributed by atoms with Gasteiger partial charge in [-0.2, -0.15) is 31.4 Å². The van der Waals surface area contributed by atoms with Crippen LogP contribution >= 0.6 is 0 Å². The molecule has 1 aliphatic heterocycles. The number of fused-ring (bicyclic) bond motifs is 1. The molecule has 2 aliphatic carbocycles. The number of alkyl halides is 5. The van der Waals surface area contributed by atoms with Gasteiger partial charge in [-0.05, 0) is 49.7 Å². The van der Waals surface area contributed by atoms with E-state index >= 15 is 8.78 Å². The predicted molar refractivity (Wildman–Crippen MR) is 92.7 cm³/mol. The van der Waals surface area contributed by atoms with E-state index in [2.05, 4.69) is 15.2 Å². The van der Waals surface area contributed by atoms with Crippen LogP contribution in [-0.2, 0) is 22.1 Å². The molecule has 0 aromatic carbocycles. The Kier molecular flexibility index (Phi) is 4.12. The first-order valence-corrected chi connectivity index (χ1v) is 11.0. The molecule has 162 valence electrons. The zero-order valence-corrected chi connectivity index (χ0v) is 16.2. The van der Waals surface area contributed by atoms with Crippen LogP contribution < -0.4 is 0 Å². The second-order valence-corrected chi connectivity index (χ2v) is 9.94. The molecule has 2 aromatic heterocycles. The molecule has 3 aliphatic rings. The summed E-state index contributed by atoms with van der Waals surface area (Å²) in [6, 6.07) is -1.13. The van der Waals surface area contributed by atoms with Gasteiger partial charge in [0.1, 0.15) is 16.3 Å². The van der Waals surface area contributed by atoms with Crippen LogP contribution in [0.1, 0.15) is 48.7 Å². The van der Waals surface area contributed by atoms with Gasteiger partial charge in [0.2, 0.25) is 10.0 Å². The maximum Gasteiger partial charge on any atom is 0.433 e. The summed E-state index contributed by atoms with van der Waals surface area (Å²) < 4.78 is 97.1. The first-order valence-electron chi connectivity index (χ1n) is 9.51. The van der Waals surface area contributed by atoms with Gasteiger partial charge in [-0.15, -0.1) is 0 Å². The summed E-state index contributed by atoms with van der Waals surface area (Å²) >= 11 is 0. The third-order valence-electron chi connectivity index (χ3n) is 5.98. The molecule has 0 bridgehead atoms.